The number of anilines is 1. The van der Waals surface area contributed by atoms with E-state index in [-0.39, 0.29) is 11.6 Å². The molecule has 1 unspecified atom stereocenters. The number of alkyl halides is 3. The molecular weight excluding hydrogens is 451 g/mol. The Bertz CT molecular complexity index is 1060. The Morgan fingerprint density at radius 2 is 1.76 bits per heavy atom. The van der Waals surface area contributed by atoms with E-state index in [4.69, 9.17) is 9.47 Å². The SMILES string of the molecule is COc1ccc(C(=O)NCC(=O)OC(C)C(=O)Nc2ccc([N+](=O)[O-])cc2C(F)(F)F)cc1. The Morgan fingerprint density at radius 3 is 2.30 bits per heavy atom. The lowest BCUT2D eigenvalue weighted by molar-refractivity contribution is -0.385. The molecule has 0 aliphatic carbocycles. The minimum atomic E-state index is -4.99. The molecule has 0 spiro atoms. The molecule has 0 saturated carbocycles. The van der Waals surface area contributed by atoms with Crippen molar-refractivity contribution in [1.29, 1.82) is 0 Å². The third-order valence-electron chi connectivity index (χ3n) is 4.20. The maximum Gasteiger partial charge on any atom is 0.418 e. The normalized spacial score (nSPS) is 11.8. The van der Waals surface area contributed by atoms with Gasteiger partial charge in [-0.3, -0.25) is 24.5 Å². The molecule has 0 aliphatic rings. The molecule has 2 aromatic carbocycles. The molecule has 2 aromatic rings. The van der Waals surface area contributed by atoms with Gasteiger partial charge in [0.1, 0.15) is 12.3 Å². The third-order valence-corrected chi connectivity index (χ3v) is 4.20. The summed E-state index contributed by atoms with van der Waals surface area (Å²) in [5.74, 6) is -2.21. The molecule has 1 atom stereocenters. The molecule has 0 radical (unpaired) electrons. The summed E-state index contributed by atoms with van der Waals surface area (Å²) in [6.07, 6.45) is -6.51. The Morgan fingerprint density at radius 1 is 1.12 bits per heavy atom. The molecule has 10 nitrogen and oxygen atoms in total. The standard InChI is InChI=1S/C20H18F3N3O7/c1-11(33-17(27)10-24-19(29)12-3-6-14(32-2)7-4-12)18(28)25-16-8-5-13(26(30)31)9-15(16)20(21,22)23/h3-9,11H,10H2,1-2H3,(H,24,29)(H,25,28). The van der Waals surface area contributed by atoms with Gasteiger partial charge in [0, 0.05) is 17.7 Å². The zero-order valence-electron chi connectivity index (χ0n) is 17.3. The van der Waals surface area contributed by atoms with Crippen LogP contribution in [0.25, 0.3) is 0 Å². The number of carbonyl (C=O) groups is 3. The first-order valence-corrected chi connectivity index (χ1v) is 9.20. The van der Waals surface area contributed by atoms with Crippen LogP contribution in [-0.4, -0.2) is 42.5 Å². The minimum absolute atomic E-state index is 0.229. The second-order valence-corrected chi connectivity index (χ2v) is 6.52. The predicted octanol–water partition coefficient (Wildman–Crippen LogP) is 2.92. The first kappa shape index (κ1) is 25.1. The number of ether oxygens (including phenoxy) is 2. The molecule has 0 aliphatic heterocycles. The first-order valence-electron chi connectivity index (χ1n) is 9.20. The highest BCUT2D eigenvalue weighted by Gasteiger charge is 2.36. The van der Waals surface area contributed by atoms with Crippen LogP contribution in [0.15, 0.2) is 42.5 Å². The van der Waals surface area contributed by atoms with Crippen molar-refractivity contribution in [3.05, 3.63) is 63.7 Å². The van der Waals surface area contributed by atoms with Gasteiger partial charge in [0.05, 0.1) is 23.3 Å². The smallest absolute Gasteiger partial charge is 0.418 e. The van der Waals surface area contributed by atoms with E-state index < -0.39 is 58.5 Å². The van der Waals surface area contributed by atoms with E-state index in [2.05, 4.69) is 5.32 Å². The number of nitrogens with one attached hydrogen (secondary N) is 2. The number of nitro groups is 1. The summed E-state index contributed by atoms with van der Waals surface area (Å²) >= 11 is 0. The number of nitrogens with zero attached hydrogens (tertiary/aromatic N) is 1. The lowest BCUT2D eigenvalue weighted by Gasteiger charge is -2.17. The first-order chi connectivity index (χ1) is 15.4. The average Bonchev–Trinajstić information content (AvgIpc) is 2.76. The van der Waals surface area contributed by atoms with Gasteiger partial charge in [-0.25, -0.2) is 0 Å². The number of rotatable bonds is 8. The Labute approximate surface area is 184 Å². The van der Waals surface area contributed by atoms with E-state index in [1.165, 1.54) is 31.4 Å². The van der Waals surface area contributed by atoms with Gasteiger partial charge in [0.25, 0.3) is 17.5 Å². The molecule has 2 rings (SSSR count). The number of carbonyl (C=O) groups excluding carboxylic acids is 3. The molecule has 0 bridgehead atoms. The minimum Gasteiger partial charge on any atom is -0.497 e. The van der Waals surface area contributed by atoms with Crippen molar-refractivity contribution < 1.29 is 42.0 Å². The molecule has 2 amide bonds. The van der Waals surface area contributed by atoms with E-state index in [1.54, 1.807) is 0 Å². The van der Waals surface area contributed by atoms with Gasteiger partial charge < -0.3 is 20.1 Å². The van der Waals surface area contributed by atoms with Gasteiger partial charge in [0.15, 0.2) is 6.10 Å². The van der Waals surface area contributed by atoms with Crippen LogP contribution in [0, 0.1) is 10.1 Å². The Balaban J connectivity index is 1.96. The van der Waals surface area contributed by atoms with Crippen molar-refractivity contribution in [1.82, 2.24) is 5.32 Å². The van der Waals surface area contributed by atoms with Gasteiger partial charge in [-0.05, 0) is 37.3 Å². The summed E-state index contributed by atoms with van der Waals surface area (Å²) in [7, 11) is 1.45. The molecule has 0 saturated heterocycles. The number of nitro benzene ring substituents is 1. The van der Waals surface area contributed by atoms with Crippen molar-refractivity contribution in [3.63, 3.8) is 0 Å². The van der Waals surface area contributed by atoms with Gasteiger partial charge in [-0.15, -0.1) is 0 Å². The van der Waals surface area contributed by atoms with Gasteiger partial charge in [0.2, 0.25) is 0 Å². The molecule has 33 heavy (non-hydrogen) atoms. The summed E-state index contributed by atoms with van der Waals surface area (Å²) < 4.78 is 49.4. The van der Waals surface area contributed by atoms with Crippen LogP contribution in [0.3, 0.4) is 0 Å². The molecule has 13 heteroatoms. The zero-order chi connectivity index (χ0) is 24.8. The Hall–Kier alpha value is -4.16. The summed E-state index contributed by atoms with van der Waals surface area (Å²) in [4.78, 5) is 45.8. The molecule has 0 fully saturated rings. The highest BCUT2D eigenvalue weighted by Crippen LogP contribution is 2.37. The van der Waals surface area contributed by atoms with Gasteiger partial charge >= 0.3 is 12.1 Å². The van der Waals surface area contributed by atoms with E-state index >= 15 is 0 Å². The molecule has 0 heterocycles. The number of halogens is 3. The zero-order valence-corrected chi connectivity index (χ0v) is 17.3. The highest BCUT2D eigenvalue weighted by atomic mass is 19.4. The largest absolute Gasteiger partial charge is 0.497 e. The van der Waals surface area contributed by atoms with Crippen molar-refractivity contribution in [2.24, 2.45) is 0 Å². The topological polar surface area (TPSA) is 137 Å². The Kier molecular flexibility index (Phi) is 7.94. The second kappa shape index (κ2) is 10.4. The highest BCUT2D eigenvalue weighted by molar-refractivity contribution is 5.97. The molecule has 0 aromatic heterocycles. The van der Waals surface area contributed by atoms with Crippen molar-refractivity contribution in [2.75, 3.05) is 19.0 Å². The van der Waals surface area contributed by atoms with E-state index in [0.717, 1.165) is 19.1 Å². The van der Waals surface area contributed by atoms with Crippen LogP contribution in [0.1, 0.15) is 22.8 Å². The summed E-state index contributed by atoms with van der Waals surface area (Å²) in [6, 6.07) is 7.77. The fourth-order valence-corrected chi connectivity index (χ4v) is 2.51. The lowest BCUT2D eigenvalue weighted by atomic mass is 10.1. The van der Waals surface area contributed by atoms with Crippen LogP contribution >= 0.6 is 0 Å². The van der Waals surface area contributed by atoms with Gasteiger partial charge in [-0.1, -0.05) is 0 Å². The lowest BCUT2D eigenvalue weighted by Crippen LogP contribution is -2.36. The average molecular weight is 469 g/mol. The fourth-order valence-electron chi connectivity index (χ4n) is 2.51. The quantitative estimate of drug-likeness (QED) is 0.345. The summed E-state index contributed by atoms with van der Waals surface area (Å²) in [5.41, 5.74) is -2.76. The number of methoxy groups -OCH3 is 1. The summed E-state index contributed by atoms with van der Waals surface area (Å²) in [5, 5.41) is 14.9. The van der Waals surface area contributed by atoms with Crippen LogP contribution in [0.4, 0.5) is 24.5 Å². The molecule has 2 N–H and O–H groups in total. The maximum absolute atomic E-state index is 13.2. The van der Waals surface area contributed by atoms with Crippen LogP contribution < -0.4 is 15.4 Å². The van der Waals surface area contributed by atoms with Crippen LogP contribution in [-0.2, 0) is 20.5 Å². The number of benzene rings is 2. The monoisotopic (exact) mass is 469 g/mol. The van der Waals surface area contributed by atoms with E-state index in [0.29, 0.717) is 5.75 Å². The van der Waals surface area contributed by atoms with Crippen molar-refractivity contribution in [2.45, 2.75) is 19.2 Å². The third kappa shape index (κ3) is 6.92. The maximum atomic E-state index is 13.2. The van der Waals surface area contributed by atoms with Crippen molar-refractivity contribution >= 4 is 29.2 Å². The van der Waals surface area contributed by atoms with Crippen LogP contribution in [0.5, 0.6) is 5.75 Å². The fraction of sp³-hybridized carbons (Fsp3) is 0.250. The second-order valence-electron chi connectivity index (χ2n) is 6.52. The number of non-ortho nitro benzene ring substituents is 1. The predicted molar refractivity (Wildman–Crippen MR) is 108 cm³/mol. The summed E-state index contributed by atoms with van der Waals surface area (Å²) in [6.45, 7) is 0.505. The van der Waals surface area contributed by atoms with E-state index in [9.17, 15) is 37.7 Å². The van der Waals surface area contributed by atoms with Gasteiger partial charge in [-0.2, -0.15) is 13.2 Å². The van der Waals surface area contributed by atoms with Crippen LogP contribution in [0.2, 0.25) is 0 Å². The molecule has 176 valence electrons. The van der Waals surface area contributed by atoms with E-state index in [1.807, 2.05) is 5.32 Å². The number of hydrogen-bond acceptors (Lipinski definition) is 7. The number of amides is 2. The van der Waals surface area contributed by atoms with Crippen molar-refractivity contribution in [3.8, 4) is 5.75 Å². The number of hydrogen-bond donors (Lipinski definition) is 2. The number of esters is 1. The molecular formula is C20H18F3N3O7.